The van der Waals surface area contributed by atoms with Gasteiger partial charge in [0.2, 0.25) is 11.8 Å². The monoisotopic (exact) mass is 462 g/mol. The molecule has 1 spiro atoms. The number of benzene rings is 2. The molecule has 3 amide bonds. The molecule has 2 aromatic carbocycles. The Morgan fingerprint density at radius 2 is 1.62 bits per heavy atom. The SMILES string of the molecule is CCCCC(=O)N1CCC2(CC1)C(=O)N(CC(=O)NCc1ccccc1)CN2c1ccccc1. The first-order valence-corrected chi connectivity index (χ1v) is 12.2. The second-order valence-corrected chi connectivity index (χ2v) is 9.19. The molecule has 0 atom stereocenters. The molecule has 34 heavy (non-hydrogen) atoms. The minimum atomic E-state index is -0.720. The summed E-state index contributed by atoms with van der Waals surface area (Å²) in [5, 5.41) is 2.93. The van der Waals surface area contributed by atoms with Crippen molar-refractivity contribution < 1.29 is 14.4 Å². The number of amides is 3. The number of nitrogens with one attached hydrogen (secondary N) is 1. The van der Waals surface area contributed by atoms with E-state index in [-0.39, 0.29) is 24.3 Å². The fraction of sp³-hybridized carbons (Fsp3) is 0.444. The molecule has 0 aromatic heterocycles. The number of rotatable bonds is 8. The Morgan fingerprint density at radius 3 is 2.26 bits per heavy atom. The maximum atomic E-state index is 13.7. The van der Waals surface area contributed by atoms with E-state index in [4.69, 9.17) is 0 Å². The molecule has 2 saturated heterocycles. The van der Waals surface area contributed by atoms with Crippen LogP contribution >= 0.6 is 0 Å². The first-order chi connectivity index (χ1) is 16.5. The highest BCUT2D eigenvalue weighted by Gasteiger charge is 2.54. The van der Waals surface area contributed by atoms with Crippen LogP contribution in [0.1, 0.15) is 44.6 Å². The zero-order valence-corrected chi connectivity index (χ0v) is 19.9. The molecular formula is C27H34N4O3. The van der Waals surface area contributed by atoms with E-state index in [0.717, 1.165) is 24.1 Å². The third kappa shape index (κ3) is 5.08. The average molecular weight is 463 g/mol. The Labute approximate surface area is 201 Å². The fourth-order valence-corrected chi connectivity index (χ4v) is 4.96. The molecule has 0 aliphatic carbocycles. The van der Waals surface area contributed by atoms with Crippen LogP contribution < -0.4 is 10.2 Å². The van der Waals surface area contributed by atoms with E-state index in [2.05, 4.69) is 17.1 Å². The molecule has 0 unspecified atom stereocenters. The van der Waals surface area contributed by atoms with Gasteiger partial charge in [-0.05, 0) is 37.0 Å². The third-order valence-electron chi connectivity index (χ3n) is 6.94. The summed E-state index contributed by atoms with van der Waals surface area (Å²) in [7, 11) is 0. The van der Waals surface area contributed by atoms with Crippen molar-refractivity contribution in [1.82, 2.24) is 15.1 Å². The number of para-hydroxylation sites is 1. The van der Waals surface area contributed by atoms with Gasteiger partial charge in [-0.25, -0.2) is 0 Å². The van der Waals surface area contributed by atoms with Crippen LogP contribution in [0.4, 0.5) is 5.69 Å². The van der Waals surface area contributed by atoms with Crippen LogP contribution in [-0.2, 0) is 20.9 Å². The van der Waals surface area contributed by atoms with Gasteiger partial charge in [0, 0.05) is 31.7 Å². The van der Waals surface area contributed by atoms with Gasteiger partial charge >= 0.3 is 0 Å². The Kier molecular flexibility index (Phi) is 7.50. The molecule has 2 aromatic rings. The standard InChI is InChI=1S/C27H34N4O3/c1-2-3-14-25(33)29-17-15-27(16-18-29)26(34)30(21-31(27)23-12-8-5-9-13-23)20-24(32)28-19-22-10-6-4-7-11-22/h4-13H,2-3,14-21H2,1H3,(H,28,32). The molecule has 2 heterocycles. The first kappa shape index (κ1) is 23.8. The van der Waals surface area contributed by atoms with Gasteiger partial charge in [-0.3, -0.25) is 14.4 Å². The lowest BCUT2D eigenvalue weighted by atomic mass is 9.85. The molecular weight excluding hydrogens is 428 g/mol. The van der Waals surface area contributed by atoms with Crippen molar-refractivity contribution in [3.63, 3.8) is 0 Å². The summed E-state index contributed by atoms with van der Waals surface area (Å²) in [6.07, 6.45) is 3.58. The van der Waals surface area contributed by atoms with E-state index in [1.54, 1.807) is 4.90 Å². The van der Waals surface area contributed by atoms with Gasteiger partial charge in [0.25, 0.3) is 5.91 Å². The lowest BCUT2D eigenvalue weighted by molar-refractivity contribution is -0.140. The molecule has 0 bridgehead atoms. The van der Waals surface area contributed by atoms with Gasteiger partial charge in [0.1, 0.15) is 12.1 Å². The summed E-state index contributed by atoms with van der Waals surface area (Å²) < 4.78 is 0. The molecule has 7 heteroatoms. The van der Waals surface area contributed by atoms with E-state index in [1.807, 2.05) is 65.6 Å². The lowest BCUT2D eigenvalue weighted by Crippen LogP contribution is -2.57. The number of hydrogen-bond donors (Lipinski definition) is 1. The molecule has 180 valence electrons. The van der Waals surface area contributed by atoms with Crippen molar-refractivity contribution in [2.24, 2.45) is 0 Å². The summed E-state index contributed by atoms with van der Waals surface area (Å²) in [6.45, 7) is 4.03. The molecule has 0 saturated carbocycles. The molecule has 0 radical (unpaired) electrons. The topological polar surface area (TPSA) is 73.0 Å². The van der Waals surface area contributed by atoms with Crippen LogP contribution in [0.25, 0.3) is 0 Å². The van der Waals surface area contributed by atoms with Crippen molar-refractivity contribution in [3.05, 3.63) is 66.2 Å². The number of carbonyl (C=O) groups is 3. The minimum Gasteiger partial charge on any atom is -0.350 e. The van der Waals surface area contributed by atoms with Crippen LogP contribution in [0.15, 0.2) is 60.7 Å². The van der Waals surface area contributed by atoms with E-state index in [9.17, 15) is 14.4 Å². The van der Waals surface area contributed by atoms with Crippen LogP contribution in [0, 0.1) is 0 Å². The van der Waals surface area contributed by atoms with Crippen LogP contribution in [0.2, 0.25) is 0 Å². The summed E-state index contributed by atoms with van der Waals surface area (Å²) in [4.78, 5) is 44.7. The van der Waals surface area contributed by atoms with E-state index < -0.39 is 5.54 Å². The predicted octanol–water partition coefficient (Wildman–Crippen LogP) is 3.16. The highest BCUT2D eigenvalue weighted by atomic mass is 16.2. The molecule has 1 N–H and O–H groups in total. The number of anilines is 1. The van der Waals surface area contributed by atoms with Crippen molar-refractivity contribution in [2.75, 3.05) is 31.2 Å². The molecule has 7 nitrogen and oxygen atoms in total. The zero-order chi connectivity index (χ0) is 24.0. The first-order valence-electron chi connectivity index (χ1n) is 12.2. The maximum absolute atomic E-state index is 13.7. The predicted molar refractivity (Wildman–Crippen MR) is 132 cm³/mol. The number of piperidine rings is 1. The second-order valence-electron chi connectivity index (χ2n) is 9.19. The lowest BCUT2D eigenvalue weighted by Gasteiger charge is -2.43. The summed E-state index contributed by atoms with van der Waals surface area (Å²) in [5.41, 5.74) is 1.27. The van der Waals surface area contributed by atoms with Crippen molar-refractivity contribution >= 4 is 23.4 Å². The Hall–Kier alpha value is -3.35. The summed E-state index contributed by atoms with van der Waals surface area (Å²) >= 11 is 0. The van der Waals surface area contributed by atoms with Gasteiger partial charge in [0.05, 0.1) is 6.67 Å². The van der Waals surface area contributed by atoms with E-state index >= 15 is 0 Å². The van der Waals surface area contributed by atoms with Gasteiger partial charge in [-0.15, -0.1) is 0 Å². The largest absolute Gasteiger partial charge is 0.350 e. The Balaban J connectivity index is 1.46. The molecule has 4 rings (SSSR count). The number of unbranched alkanes of at least 4 members (excludes halogenated alkanes) is 1. The smallest absolute Gasteiger partial charge is 0.250 e. The number of carbonyl (C=O) groups excluding carboxylic acids is 3. The molecule has 2 fully saturated rings. The van der Waals surface area contributed by atoms with E-state index in [1.165, 1.54) is 0 Å². The molecule has 2 aliphatic rings. The highest BCUT2D eigenvalue weighted by Crippen LogP contribution is 2.39. The summed E-state index contributed by atoms with van der Waals surface area (Å²) in [5.74, 6) is -0.0214. The van der Waals surface area contributed by atoms with Gasteiger partial charge in [-0.1, -0.05) is 61.9 Å². The normalized spacial score (nSPS) is 17.3. The highest BCUT2D eigenvalue weighted by molar-refractivity contribution is 5.96. The minimum absolute atomic E-state index is 0.0214. The average Bonchev–Trinajstić information content (AvgIpc) is 3.13. The van der Waals surface area contributed by atoms with Crippen LogP contribution in [0.5, 0.6) is 0 Å². The van der Waals surface area contributed by atoms with Crippen molar-refractivity contribution in [3.8, 4) is 0 Å². The second kappa shape index (κ2) is 10.7. The summed E-state index contributed by atoms with van der Waals surface area (Å²) in [6, 6.07) is 19.6. The quantitative estimate of drug-likeness (QED) is 0.654. The van der Waals surface area contributed by atoms with Crippen molar-refractivity contribution in [2.45, 2.75) is 51.1 Å². The van der Waals surface area contributed by atoms with Crippen molar-refractivity contribution in [1.29, 1.82) is 0 Å². The number of hydrogen-bond acceptors (Lipinski definition) is 4. The fourth-order valence-electron chi connectivity index (χ4n) is 4.96. The van der Waals surface area contributed by atoms with Crippen LogP contribution in [-0.4, -0.2) is 59.4 Å². The van der Waals surface area contributed by atoms with Gasteiger partial charge in [-0.2, -0.15) is 0 Å². The number of likely N-dealkylation sites (tertiary alicyclic amines) is 1. The maximum Gasteiger partial charge on any atom is 0.250 e. The molecule has 2 aliphatic heterocycles. The van der Waals surface area contributed by atoms with E-state index in [0.29, 0.717) is 45.6 Å². The van der Waals surface area contributed by atoms with Gasteiger partial charge in [0.15, 0.2) is 0 Å². The van der Waals surface area contributed by atoms with Gasteiger partial charge < -0.3 is 20.0 Å². The van der Waals surface area contributed by atoms with Crippen LogP contribution in [0.3, 0.4) is 0 Å². The Bertz CT molecular complexity index is 987. The number of nitrogens with zero attached hydrogens (tertiary/aromatic N) is 3. The Morgan fingerprint density at radius 1 is 0.971 bits per heavy atom. The third-order valence-corrected chi connectivity index (χ3v) is 6.94. The zero-order valence-electron chi connectivity index (χ0n) is 19.9.